The molecule has 6 heteroatoms. The van der Waals surface area contributed by atoms with E-state index in [2.05, 4.69) is 30.3 Å². The van der Waals surface area contributed by atoms with Crippen LogP contribution in [-0.4, -0.2) is 44.2 Å². The normalized spacial score (nSPS) is 18.2. The van der Waals surface area contributed by atoms with Crippen LogP contribution >= 0.6 is 24.0 Å². The minimum absolute atomic E-state index is 0. The highest BCUT2D eigenvalue weighted by atomic mass is 127. The summed E-state index contributed by atoms with van der Waals surface area (Å²) in [5.41, 5.74) is 1.15. The molecule has 1 fully saturated rings. The number of nitrogens with zero attached hydrogens (tertiary/aromatic N) is 2. The van der Waals surface area contributed by atoms with Gasteiger partial charge in [-0.15, -0.1) is 24.0 Å². The zero-order valence-corrected chi connectivity index (χ0v) is 16.3. The fourth-order valence-electron chi connectivity index (χ4n) is 2.67. The number of aliphatic imine (C=N–C) groups is 1. The fraction of sp³-hybridized carbons (Fsp3) is 0.688. The van der Waals surface area contributed by atoms with E-state index >= 15 is 0 Å². The summed E-state index contributed by atoms with van der Waals surface area (Å²) in [6.07, 6.45) is 1.14. The molecule has 0 aliphatic carbocycles. The minimum Gasteiger partial charge on any atom is -0.466 e. The topological polar surface area (TPSA) is 50.0 Å². The Balaban J connectivity index is 0.00000242. The van der Waals surface area contributed by atoms with Crippen LogP contribution in [0.5, 0.6) is 0 Å². The number of rotatable bonds is 5. The van der Waals surface area contributed by atoms with E-state index in [0.29, 0.717) is 12.5 Å². The third-order valence-electron chi connectivity index (χ3n) is 3.80. The molecule has 1 aliphatic rings. The minimum atomic E-state index is 0. The summed E-state index contributed by atoms with van der Waals surface area (Å²) < 4.78 is 11.0. The van der Waals surface area contributed by atoms with E-state index in [1.165, 1.54) is 0 Å². The molecule has 0 saturated carbocycles. The van der Waals surface area contributed by atoms with Gasteiger partial charge in [-0.1, -0.05) is 0 Å². The number of furan rings is 1. The number of hydrogen-bond acceptors (Lipinski definition) is 3. The van der Waals surface area contributed by atoms with Gasteiger partial charge >= 0.3 is 0 Å². The van der Waals surface area contributed by atoms with Gasteiger partial charge in [-0.05, 0) is 33.3 Å². The number of halogens is 1. The Kier molecular flexibility index (Phi) is 8.24. The Labute approximate surface area is 150 Å². The predicted molar refractivity (Wildman–Crippen MR) is 100.0 cm³/mol. The quantitative estimate of drug-likeness (QED) is 0.451. The standard InChI is InChI=1S/C16H27N3O2.HI/c1-5-17-16(19(4)10-14-6-7-20-11-14)18-9-15-8-12(2)21-13(15)3;/h8,14H,5-7,9-11H2,1-4H3,(H,17,18);1H. The van der Waals surface area contributed by atoms with Gasteiger partial charge in [0.1, 0.15) is 11.5 Å². The zero-order valence-electron chi connectivity index (χ0n) is 14.0. The summed E-state index contributed by atoms with van der Waals surface area (Å²) >= 11 is 0. The lowest BCUT2D eigenvalue weighted by Crippen LogP contribution is -2.41. The average molecular weight is 421 g/mol. The molecular weight excluding hydrogens is 393 g/mol. The van der Waals surface area contributed by atoms with Crippen molar-refractivity contribution in [3.05, 3.63) is 23.2 Å². The van der Waals surface area contributed by atoms with Crippen LogP contribution in [0, 0.1) is 19.8 Å². The Bertz CT molecular complexity index is 482. The van der Waals surface area contributed by atoms with Crippen molar-refractivity contribution >= 4 is 29.9 Å². The number of nitrogens with one attached hydrogen (secondary N) is 1. The second-order valence-electron chi connectivity index (χ2n) is 5.72. The van der Waals surface area contributed by atoms with Crippen LogP contribution in [-0.2, 0) is 11.3 Å². The second kappa shape index (κ2) is 9.39. The van der Waals surface area contributed by atoms with Crippen molar-refractivity contribution in [1.82, 2.24) is 10.2 Å². The van der Waals surface area contributed by atoms with Gasteiger partial charge in [-0.3, -0.25) is 0 Å². The molecule has 1 saturated heterocycles. The highest BCUT2D eigenvalue weighted by Gasteiger charge is 2.19. The monoisotopic (exact) mass is 421 g/mol. The summed E-state index contributed by atoms with van der Waals surface area (Å²) in [4.78, 5) is 6.93. The molecule has 0 bridgehead atoms. The highest BCUT2D eigenvalue weighted by Crippen LogP contribution is 2.16. The van der Waals surface area contributed by atoms with Gasteiger partial charge in [-0.2, -0.15) is 0 Å². The summed E-state index contributed by atoms with van der Waals surface area (Å²) in [6.45, 7) is 10.3. The van der Waals surface area contributed by atoms with Gasteiger partial charge < -0.3 is 19.4 Å². The van der Waals surface area contributed by atoms with Gasteiger partial charge in [-0.25, -0.2) is 4.99 Å². The third-order valence-corrected chi connectivity index (χ3v) is 3.80. The molecule has 0 spiro atoms. The molecule has 1 N–H and O–H groups in total. The van der Waals surface area contributed by atoms with Crippen LogP contribution in [0.3, 0.4) is 0 Å². The van der Waals surface area contributed by atoms with E-state index in [1.807, 2.05) is 13.8 Å². The summed E-state index contributed by atoms with van der Waals surface area (Å²) in [5, 5.41) is 3.36. The highest BCUT2D eigenvalue weighted by molar-refractivity contribution is 14.0. The van der Waals surface area contributed by atoms with Crippen molar-refractivity contribution in [2.75, 3.05) is 33.4 Å². The molecule has 1 atom stereocenters. The first-order valence-electron chi connectivity index (χ1n) is 7.73. The largest absolute Gasteiger partial charge is 0.466 e. The van der Waals surface area contributed by atoms with Crippen molar-refractivity contribution < 1.29 is 9.15 Å². The molecule has 1 aliphatic heterocycles. The van der Waals surface area contributed by atoms with Crippen molar-refractivity contribution in [3.8, 4) is 0 Å². The van der Waals surface area contributed by atoms with Crippen LogP contribution in [0.1, 0.15) is 30.4 Å². The second-order valence-corrected chi connectivity index (χ2v) is 5.72. The van der Waals surface area contributed by atoms with Gasteiger partial charge in [0.05, 0.1) is 13.2 Å². The van der Waals surface area contributed by atoms with Crippen LogP contribution in [0.4, 0.5) is 0 Å². The maximum Gasteiger partial charge on any atom is 0.193 e. The van der Waals surface area contributed by atoms with E-state index in [9.17, 15) is 0 Å². The predicted octanol–water partition coefficient (Wildman–Crippen LogP) is 2.95. The van der Waals surface area contributed by atoms with Crippen molar-refractivity contribution in [2.24, 2.45) is 10.9 Å². The Morgan fingerprint density at radius 2 is 2.23 bits per heavy atom. The Hall–Kier alpha value is -0.760. The van der Waals surface area contributed by atoms with Gasteiger partial charge in [0.15, 0.2) is 5.96 Å². The van der Waals surface area contributed by atoms with Gasteiger partial charge in [0, 0.05) is 38.2 Å². The van der Waals surface area contributed by atoms with Crippen molar-refractivity contribution in [1.29, 1.82) is 0 Å². The lowest BCUT2D eigenvalue weighted by atomic mass is 10.1. The Morgan fingerprint density at radius 3 is 2.77 bits per heavy atom. The molecule has 22 heavy (non-hydrogen) atoms. The number of ether oxygens (including phenoxy) is 1. The maximum absolute atomic E-state index is 5.56. The lowest BCUT2D eigenvalue weighted by molar-refractivity contribution is 0.181. The first-order valence-corrected chi connectivity index (χ1v) is 7.73. The SMILES string of the molecule is CCNC(=NCc1cc(C)oc1C)N(C)CC1CCOC1.I. The number of aryl methyl sites for hydroxylation is 2. The number of hydrogen-bond donors (Lipinski definition) is 1. The van der Waals surface area contributed by atoms with Crippen LogP contribution in [0.25, 0.3) is 0 Å². The first kappa shape index (κ1) is 19.3. The van der Waals surface area contributed by atoms with E-state index in [4.69, 9.17) is 14.1 Å². The van der Waals surface area contributed by atoms with E-state index < -0.39 is 0 Å². The van der Waals surface area contributed by atoms with E-state index in [0.717, 1.165) is 55.8 Å². The maximum atomic E-state index is 5.56. The van der Waals surface area contributed by atoms with E-state index in [-0.39, 0.29) is 24.0 Å². The average Bonchev–Trinajstić information content (AvgIpc) is 3.04. The molecule has 0 radical (unpaired) electrons. The molecule has 2 rings (SSSR count). The first-order chi connectivity index (χ1) is 10.1. The summed E-state index contributed by atoms with van der Waals surface area (Å²) in [7, 11) is 2.09. The molecule has 5 nitrogen and oxygen atoms in total. The molecule has 0 amide bonds. The van der Waals surface area contributed by atoms with Crippen LogP contribution < -0.4 is 5.32 Å². The van der Waals surface area contributed by atoms with Gasteiger partial charge in [0.25, 0.3) is 0 Å². The molecular formula is C16H28IN3O2. The summed E-state index contributed by atoms with van der Waals surface area (Å²) in [5.74, 6) is 3.46. The molecule has 126 valence electrons. The smallest absolute Gasteiger partial charge is 0.193 e. The van der Waals surface area contributed by atoms with Gasteiger partial charge in [0.2, 0.25) is 0 Å². The van der Waals surface area contributed by atoms with E-state index in [1.54, 1.807) is 0 Å². The van der Waals surface area contributed by atoms with Crippen molar-refractivity contribution in [3.63, 3.8) is 0 Å². The fourth-order valence-corrected chi connectivity index (χ4v) is 2.67. The summed E-state index contributed by atoms with van der Waals surface area (Å²) in [6, 6.07) is 2.06. The molecule has 1 unspecified atom stereocenters. The number of guanidine groups is 1. The third kappa shape index (κ3) is 5.46. The lowest BCUT2D eigenvalue weighted by Gasteiger charge is -2.24. The van der Waals surface area contributed by atoms with Crippen molar-refractivity contribution in [2.45, 2.75) is 33.7 Å². The molecule has 1 aromatic rings. The molecule has 0 aromatic carbocycles. The molecule has 2 heterocycles. The zero-order chi connectivity index (χ0) is 15.2. The van der Waals surface area contributed by atoms with Crippen LogP contribution in [0.2, 0.25) is 0 Å². The molecule has 1 aromatic heterocycles. The Morgan fingerprint density at radius 1 is 1.45 bits per heavy atom. The van der Waals surface area contributed by atoms with Crippen LogP contribution in [0.15, 0.2) is 15.5 Å².